The summed E-state index contributed by atoms with van der Waals surface area (Å²) in [5, 5.41) is 3.73. The molecule has 1 fully saturated rings. The summed E-state index contributed by atoms with van der Waals surface area (Å²) in [6.07, 6.45) is 8.23. The highest BCUT2D eigenvalue weighted by atomic mass is 15.1. The van der Waals surface area contributed by atoms with Gasteiger partial charge in [0.05, 0.1) is 0 Å². The predicted molar refractivity (Wildman–Crippen MR) is 94.8 cm³/mol. The molecule has 0 radical (unpaired) electrons. The van der Waals surface area contributed by atoms with Crippen LogP contribution in [0.2, 0.25) is 0 Å². The molecule has 0 amide bonds. The van der Waals surface area contributed by atoms with Crippen molar-refractivity contribution in [3.8, 4) is 0 Å². The first-order chi connectivity index (χ1) is 10.0. The van der Waals surface area contributed by atoms with Gasteiger partial charge in [0.15, 0.2) is 0 Å². The Balaban J connectivity index is 2.51. The molecular formula is C19H40N2. The topological polar surface area (TPSA) is 15.3 Å². The van der Waals surface area contributed by atoms with Gasteiger partial charge in [0, 0.05) is 13.1 Å². The van der Waals surface area contributed by atoms with Crippen LogP contribution in [0.25, 0.3) is 0 Å². The van der Waals surface area contributed by atoms with Crippen LogP contribution in [0, 0.1) is 17.3 Å². The molecule has 1 aliphatic heterocycles. The maximum atomic E-state index is 3.73. The molecule has 2 nitrogen and oxygen atoms in total. The Kier molecular flexibility index (Phi) is 8.89. The lowest BCUT2D eigenvalue weighted by atomic mass is 9.81. The molecule has 1 heterocycles. The third-order valence-corrected chi connectivity index (χ3v) is 5.63. The SMILES string of the molecule is CCC1CCCN(CC(CC)(CC)CNCC(C)C)CC1. The van der Waals surface area contributed by atoms with Gasteiger partial charge in [-0.05, 0) is 69.0 Å². The van der Waals surface area contributed by atoms with E-state index in [0.29, 0.717) is 5.41 Å². The summed E-state index contributed by atoms with van der Waals surface area (Å²) in [4.78, 5) is 2.76. The predicted octanol–water partition coefficient (Wildman–Crippen LogP) is 4.55. The van der Waals surface area contributed by atoms with E-state index in [4.69, 9.17) is 0 Å². The van der Waals surface area contributed by atoms with Gasteiger partial charge in [0.2, 0.25) is 0 Å². The van der Waals surface area contributed by atoms with E-state index in [1.165, 1.54) is 64.7 Å². The quantitative estimate of drug-likeness (QED) is 0.671. The highest BCUT2D eigenvalue weighted by Gasteiger charge is 2.29. The van der Waals surface area contributed by atoms with Gasteiger partial charge in [-0.2, -0.15) is 0 Å². The highest BCUT2D eigenvalue weighted by Crippen LogP contribution is 2.29. The first-order valence-corrected chi connectivity index (χ1v) is 9.48. The van der Waals surface area contributed by atoms with Gasteiger partial charge in [-0.3, -0.25) is 0 Å². The number of rotatable bonds is 9. The van der Waals surface area contributed by atoms with Crippen molar-refractivity contribution < 1.29 is 0 Å². The maximum absolute atomic E-state index is 3.73. The molecular weight excluding hydrogens is 256 g/mol. The van der Waals surface area contributed by atoms with Crippen LogP contribution in [-0.2, 0) is 0 Å². The van der Waals surface area contributed by atoms with E-state index in [0.717, 1.165) is 18.4 Å². The molecule has 1 atom stereocenters. The summed E-state index contributed by atoms with van der Waals surface area (Å²) in [6, 6.07) is 0. The first-order valence-electron chi connectivity index (χ1n) is 9.48. The Labute approximate surface area is 134 Å². The van der Waals surface area contributed by atoms with Crippen molar-refractivity contribution in [3.05, 3.63) is 0 Å². The second kappa shape index (κ2) is 9.84. The largest absolute Gasteiger partial charge is 0.316 e. The lowest BCUT2D eigenvalue weighted by molar-refractivity contribution is 0.135. The normalized spacial score (nSPS) is 21.7. The fourth-order valence-electron chi connectivity index (χ4n) is 3.67. The molecule has 1 rings (SSSR count). The molecule has 0 aliphatic carbocycles. The van der Waals surface area contributed by atoms with E-state index in [1.807, 2.05) is 0 Å². The van der Waals surface area contributed by atoms with E-state index in [-0.39, 0.29) is 0 Å². The van der Waals surface area contributed by atoms with Crippen molar-refractivity contribution >= 4 is 0 Å². The average Bonchev–Trinajstić information content (AvgIpc) is 2.70. The molecule has 21 heavy (non-hydrogen) atoms. The zero-order valence-corrected chi connectivity index (χ0v) is 15.4. The van der Waals surface area contributed by atoms with Crippen molar-refractivity contribution in [1.82, 2.24) is 10.2 Å². The number of hydrogen-bond acceptors (Lipinski definition) is 2. The van der Waals surface area contributed by atoms with Crippen molar-refractivity contribution in [2.75, 3.05) is 32.7 Å². The third-order valence-electron chi connectivity index (χ3n) is 5.63. The number of likely N-dealkylation sites (tertiary alicyclic amines) is 1. The molecule has 1 N–H and O–H groups in total. The molecule has 0 aromatic heterocycles. The Morgan fingerprint density at radius 2 is 1.81 bits per heavy atom. The monoisotopic (exact) mass is 296 g/mol. The number of hydrogen-bond donors (Lipinski definition) is 1. The molecule has 0 saturated carbocycles. The minimum absolute atomic E-state index is 0.473. The van der Waals surface area contributed by atoms with Gasteiger partial charge in [-0.1, -0.05) is 41.0 Å². The molecule has 1 saturated heterocycles. The molecule has 0 aromatic carbocycles. The summed E-state index contributed by atoms with van der Waals surface area (Å²) in [5.41, 5.74) is 0.473. The second-order valence-electron chi connectivity index (χ2n) is 7.71. The highest BCUT2D eigenvalue weighted by molar-refractivity contribution is 4.84. The number of nitrogens with zero attached hydrogens (tertiary/aromatic N) is 1. The zero-order valence-electron chi connectivity index (χ0n) is 15.4. The fraction of sp³-hybridized carbons (Fsp3) is 1.00. The zero-order chi connectivity index (χ0) is 15.7. The van der Waals surface area contributed by atoms with E-state index < -0.39 is 0 Å². The lowest BCUT2D eigenvalue weighted by Gasteiger charge is -2.37. The molecule has 126 valence electrons. The minimum atomic E-state index is 0.473. The van der Waals surface area contributed by atoms with E-state index in [9.17, 15) is 0 Å². The van der Waals surface area contributed by atoms with Crippen LogP contribution in [0.15, 0.2) is 0 Å². The van der Waals surface area contributed by atoms with Crippen LogP contribution < -0.4 is 5.32 Å². The van der Waals surface area contributed by atoms with Gasteiger partial charge in [-0.15, -0.1) is 0 Å². The van der Waals surface area contributed by atoms with E-state index in [2.05, 4.69) is 44.8 Å². The Morgan fingerprint density at radius 3 is 2.38 bits per heavy atom. The first kappa shape index (κ1) is 19.0. The van der Waals surface area contributed by atoms with Crippen LogP contribution in [0.4, 0.5) is 0 Å². The van der Waals surface area contributed by atoms with Crippen LogP contribution >= 0.6 is 0 Å². The summed E-state index contributed by atoms with van der Waals surface area (Å²) >= 11 is 0. The second-order valence-corrected chi connectivity index (χ2v) is 7.71. The summed E-state index contributed by atoms with van der Waals surface area (Å²) in [6.45, 7) is 18.0. The molecule has 0 bridgehead atoms. The van der Waals surface area contributed by atoms with Crippen LogP contribution in [0.5, 0.6) is 0 Å². The lowest BCUT2D eigenvalue weighted by Crippen LogP contribution is -2.44. The van der Waals surface area contributed by atoms with Crippen molar-refractivity contribution in [2.45, 2.75) is 73.1 Å². The standard InChI is InChI=1S/C19H40N2/c1-6-18-10-9-12-21(13-11-18)16-19(7-2,8-3)15-20-14-17(4)5/h17-18,20H,6-16H2,1-5H3. The molecule has 0 aromatic rings. The maximum Gasteiger partial charge on any atom is 0.00499 e. The van der Waals surface area contributed by atoms with Crippen LogP contribution in [0.3, 0.4) is 0 Å². The molecule has 2 heteroatoms. The summed E-state index contributed by atoms with van der Waals surface area (Å²) in [5.74, 6) is 1.73. The molecule has 1 aliphatic rings. The van der Waals surface area contributed by atoms with E-state index >= 15 is 0 Å². The minimum Gasteiger partial charge on any atom is -0.316 e. The molecule has 1 unspecified atom stereocenters. The molecule has 0 spiro atoms. The van der Waals surface area contributed by atoms with Gasteiger partial charge in [0.25, 0.3) is 0 Å². The summed E-state index contributed by atoms with van der Waals surface area (Å²) in [7, 11) is 0. The Bertz CT molecular complexity index is 258. The van der Waals surface area contributed by atoms with Crippen LogP contribution in [-0.4, -0.2) is 37.6 Å². The number of nitrogens with one attached hydrogen (secondary N) is 1. The van der Waals surface area contributed by atoms with Gasteiger partial charge in [-0.25, -0.2) is 0 Å². The Morgan fingerprint density at radius 1 is 1.10 bits per heavy atom. The fourth-order valence-corrected chi connectivity index (χ4v) is 3.67. The van der Waals surface area contributed by atoms with Crippen molar-refractivity contribution in [1.29, 1.82) is 0 Å². The van der Waals surface area contributed by atoms with Gasteiger partial charge < -0.3 is 10.2 Å². The third kappa shape index (κ3) is 6.69. The smallest absolute Gasteiger partial charge is 0.00499 e. The Hall–Kier alpha value is -0.0800. The summed E-state index contributed by atoms with van der Waals surface area (Å²) < 4.78 is 0. The van der Waals surface area contributed by atoms with Gasteiger partial charge >= 0.3 is 0 Å². The van der Waals surface area contributed by atoms with Gasteiger partial charge in [0.1, 0.15) is 0 Å². The van der Waals surface area contributed by atoms with E-state index in [1.54, 1.807) is 0 Å². The van der Waals surface area contributed by atoms with Crippen LogP contribution in [0.1, 0.15) is 73.1 Å². The average molecular weight is 297 g/mol. The van der Waals surface area contributed by atoms with Crippen molar-refractivity contribution in [3.63, 3.8) is 0 Å². The van der Waals surface area contributed by atoms with Crippen molar-refractivity contribution in [2.24, 2.45) is 17.3 Å².